The Morgan fingerprint density at radius 2 is 1.92 bits per heavy atom. The molecular formula is C17H18F2N4O2. The van der Waals surface area contributed by atoms with Gasteiger partial charge in [-0.15, -0.1) is 0 Å². The summed E-state index contributed by atoms with van der Waals surface area (Å²) in [5.41, 5.74) is 0.381. The fourth-order valence-electron chi connectivity index (χ4n) is 2.77. The summed E-state index contributed by atoms with van der Waals surface area (Å²) in [6.07, 6.45) is 2.71. The molecule has 132 valence electrons. The van der Waals surface area contributed by atoms with Crippen LogP contribution in [-0.4, -0.2) is 41.2 Å². The number of morpholine rings is 1. The van der Waals surface area contributed by atoms with Crippen LogP contribution in [0.15, 0.2) is 30.6 Å². The van der Waals surface area contributed by atoms with Crippen molar-refractivity contribution in [2.75, 3.05) is 23.3 Å². The van der Waals surface area contributed by atoms with Gasteiger partial charge in [0.25, 0.3) is 5.91 Å². The fraction of sp³-hybridized carbons (Fsp3) is 0.353. The molecule has 8 heteroatoms. The molecule has 0 radical (unpaired) electrons. The second-order valence-electron chi connectivity index (χ2n) is 6.02. The lowest BCUT2D eigenvalue weighted by atomic mass is 10.2. The van der Waals surface area contributed by atoms with Crippen molar-refractivity contribution in [2.24, 2.45) is 0 Å². The van der Waals surface area contributed by atoms with E-state index >= 15 is 0 Å². The third kappa shape index (κ3) is 4.08. The smallest absolute Gasteiger partial charge is 0.257 e. The number of pyridine rings is 2. The summed E-state index contributed by atoms with van der Waals surface area (Å²) in [5.74, 6) is -2.05. The normalized spacial score (nSPS) is 20.4. The first-order chi connectivity index (χ1) is 11.9. The Hall–Kier alpha value is -2.61. The summed E-state index contributed by atoms with van der Waals surface area (Å²) in [7, 11) is 0. The zero-order valence-electron chi connectivity index (χ0n) is 13.9. The van der Waals surface area contributed by atoms with Crippen LogP contribution in [0, 0.1) is 11.8 Å². The molecule has 0 bridgehead atoms. The molecule has 1 saturated heterocycles. The molecule has 1 N–H and O–H groups in total. The van der Waals surface area contributed by atoms with E-state index in [0.29, 0.717) is 5.56 Å². The monoisotopic (exact) mass is 348 g/mol. The van der Waals surface area contributed by atoms with E-state index in [4.69, 9.17) is 4.74 Å². The highest BCUT2D eigenvalue weighted by atomic mass is 19.2. The van der Waals surface area contributed by atoms with Gasteiger partial charge in [-0.25, -0.2) is 14.4 Å². The third-order valence-electron chi connectivity index (χ3n) is 3.81. The van der Waals surface area contributed by atoms with Crippen molar-refractivity contribution in [3.8, 4) is 0 Å². The molecule has 2 unspecified atom stereocenters. The second kappa shape index (κ2) is 7.10. The number of amides is 1. The van der Waals surface area contributed by atoms with Crippen molar-refractivity contribution in [1.29, 1.82) is 0 Å². The van der Waals surface area contributed by atoms with Crippen LogP contribution in [0.2, 0.25) is 0 Å². The molecule has 0 saturated carbocycles. The minimum Gasteiger partial charge on any atom is -0.372 e. The highest BCUT2D eigenvalue weighted by Crippen LogP contribution is 2.19. The topological polar surface area (TPSA) is 67.4 Å². The van der Waals surface area contributed by atoms with E-state index in [2.05, 4.69) is 20.2 Å². The third-order valence-corrected chi connectivity index (χ3v) is 3.81. The lowest BCUT2D eigenvalue weighted by Crippen LogP contribution is -2.45. The standard InChI is InChI=1S/C17H18F2N4O2/c1-10-8-23(9-11(2)25-10)15-4-3-12(6-20-15)17(24)22-13-5-14(18)16(19)21-7-13/h3-7,10-11H,8-9H2,1-2H3,(H,22,24). The first kappa shape index (κ1) is 17.2. The van der Waals surface area contributed by atoms with Crippen LogP contribution in [0.1, 0.15) is 24.2 Å². The van der Waals surface area contributed by atoms with Crippen LogP contribution in [-0.2, 0) is 4.74 Å². The first-order valence-corrected chi connectivity index (χ1v) is 7.91. The number of nitrogens with zero attached hydrogens (tertiary/aromatic N) is 3. The van der Waals surface area contributed by atoms with Gasteiger partial charge in [0.05, 0.1) is 29.7 Å². The number of hydrogen-bond acceptors (Lipinski definition) is 5. The van der Waals surface area contributed by atoms with Gasteiger partial charge in [-0.05, 0) is 26.0 Å². The van der Waals surface area contributed by atoms with E-state index in [1.807, 2.05) is 13.8 Å². The molecule has 0 aliphatic carbocycles. The minimum absolute atomic E-state index is 0.0730. The molecule has 2 atom stereocenters. The first-order valence-electron chi connectivity index (χ1n) is 7.91. The summed E-state index contributed by atoms with van der Waals surface area (Å²) in [6, 6.07) is 4.26. The molecule has 25 heavy (non-hydrogen) atoms. The molecule has 2 aromatic rings. The summed E-state index contributed by atoms with van der Waals surface area (Å²) in [4.78, 5) is 21.8. The van der Waals surface area contributed by atoms with Crippen LogP contribution < -0.4 is 10.2 Å². The molecule has 0 spiro atoms. The highest BCUT2D eigenvalue weighted by Gasteiger charge is 2.23. The van der Waals surface area contributed by atoms with Gasteiger partial charge in [0, 0.05) is 25.4 Å². The van der Waals surface area contributed by atoms with E-state index in [-0.39, 0.29) is 17.9 Å². The molecule has 1 fully saturated rings. The van der Waals surface area contributed by atoms with Crippen molar-refractivity contribution in [3.63, 3.8) is 0 Å². The van der Waals surface area contributed by atoms with Crippen LogP contribution >= 0.6 is 0 Å². The maximum absolute atomic E-state index is 13.1. The van der Waals surface area contributed by atoms with Gasteiger partial charge in [0.2, 0.25) is 5.95 Å². The second-order valence-corrected chi connectivity index (χ2v) is 6.02. The molecule has 1 aliphatic heterocycles. The predicted octanol–water partition coefficient (Wildman–Crippen LogP) is 2.62. The predicted molar refractivity (Wildman–Crippen MR) is 88.6 cm³/mol. The Labute approximate surface area is 143 Å². The summed E-state index contributed by atoms with van der Waals surface area (Å²) in [6.45, 7) is 5.45. The highest BCUT2D eigenvalue weighted by molar-refractivity contribution is 6.04. The number of aromatic nitrogens is 2. The molecule has 2 aromatic heterocycles. The van der Waals surface area contributed by atoms with Crippen molar-refractivity contribution in [3.05, 3.63) is 47.9 Å². The van der Waals surface area contributed by atoms with Gasteiger partial charge in [-0.1, -0.05) is 0 Å². The number of halogens is 2. The van der Waals surface area contributed by atoms with Crippen LogP contribution in [0.3, 0.4) is 0 Å². The van der Waals surface area contributed by atoms with Gasteiger partial charge in [-0.2, -0.15) is 4.39 Å². The molecule has 0 aromatic carbocycles. The molecule has 1 aliphatic rings. The van der Waals surface area contributed by atoms with Crippen molar-refractivity contribution in [2.45, 2.75) is 26.1 Å². The van der Waals surface area contributed by atoms with Crippen molar-refractivity contribution in [1.82, 2.24) is 9.97 Å². The maximum atomic E-state index is 13.1. The Balaban J connectivity index is 1.69. The van der Waals surface area contributed by atoms with Gasteiger partial charge in [0.1, 0.15) is 5.82 Å². The summed E-state index contributed by atoms with van der Waals surface area (Å²) < 4.78 is 31.6. The lowest BCUT2D eigenvalue weighted by molar-refractivity contribution is -0.00546. The largest absolute Gasteiger partial charge is 0.372 e. The van der Waals surface area contributed by atoms with Crippen LogP contribution in [0.5, 0.6) is 0 Å². The Morgan fingerprint density at radius 1 is 1.20 bits per heavy atom. The SMILES string of the molecule is CC1CN(c2ccc(C(=O)Nc3cnc(F)c(F)c3)cn2)CC(C)O1. The Kier molecular flexibility index (Phi) is 4.89. The van der Waals surface area contributed by atoms with E-state index in [1.165, 1.54) is 6.20 Å². The van der Waals surface area contributed by atoms with E-state index < -0.39 is 17.7 Å². The van der Waals surface area contributed by atoms with E-state index in [0.717, 1.165) is 31.2 Å². The number of anilines is 2. The Morgan fingerprint density at radius 3 is 2.52 bits per heavy atom. The number of carbonyl (C=O) groups is 1. The van der Waals surface area contributed by atoms with Gasteiger partial charge in [0.15, 0.2) is 5.82 Å². The average molecular weight is 348 g/mol. The molecular weight excluding hydrogens is 330 g/mol. The van der Waals surface area contributed by atoms with Gasteiger partial charge >= 0.3 is 0 Å². The number of rotatable bonds is 3. The molecule has 1 amide bonds. The summed E-state index contributed by atoms with van der Waals surface area (Å²) >= 11 is 0. The number of ether oxygens (including phenoxy) is 1. The fourth-order valence-corrected chi connectivity index (χ4v) is 2.77. The zero-order valence-corrected chi connectivity index (χ0v) is 13.9. The lowest BCUT2D eigenvalue weighted by Gasteiger charge is -2.36. The van der Waals surface area contributed by atoms with Crippen molar-refractivity contribution < 1.29 is 18.3 Å². The average Bonchev–Trinajstić information content (AvgIpc) is 2.57. The number of hydrogen-bond donors (Lipinski definition) is 1. The molecule has 6 nitrogen and oxygen atoms in total. The van der Waals surface area contributed by atoms with E-state index in [1.54, 1.807) is 12.1 Å². The van der Waals surface area contributed by atoms with Gasteiger partial charge < -0.3 is 15.0 Å². The van der Waals surface area contributed by atoms with Crippen molar-refractivity contribution >= 4 is 17.4 Å². The quantitative estimate of drug-likeness (QED) is 0.864. The minimum atomic E-state index is -1.21. The molecule has 3 heterocycles. The van der Waals surface area contributed by atoms with Crippen LogP contribution in [0.4, 0.5) is 20.3 Å². The number of nitrogens with one attached hydrogen (secondary N) is 1. The zero-order chi connectivity index (χ0) is 18.0. The maximum Gasteiger partial charge on any atom is 0.257 e. The molecule has 3 rings (SSSR count). The Bertz CT molecular complexity index is 760. The summed E-state index contributed by atoms with van der Waals surface area (Å²) in [5, 5.41) is 2.46. The van der Waals surface area contributed by atoms with Crippen LogP contribution in [0.25, 0.3) is 0 Å². The van der Waals surface area contributed by atoms with Gasteiger partial charge in [-0.3, -0.25) is 4.79 Å². The number of carbonyl (C=O) groups excluding carboxylic acids is 1. The van der Waals surface area contributed by atoms with E-state index in [9.17, 15) is 13.6 Å².